The van der Waals surface area contributed by atoms with Gasteiger partial charge in [-0.25, -0.2) is 0 Å². The molecule has 0 spiro atoms. The van der Waals surface area contributed by atoms with Gasteiger partial charge in [0.25, 0.3) is 0 Å². The topological polar surface area (TPSA) is 62.3 Å². The second-order valence-corrected chi connectivity index (χ2v) is 5.04. The molecule has 0 saturated heterocycles. The van der Waals surface area contributed by atoms with Gasteiger partial charge in [-0.2, -0.15) is 5.10 Å². The van der Waals surface area contributed by atoms with Gasteiger partial charge in [0.05, 0.1) is 20.4 Å². The highest BCUT2D eigenvalue weighted by Gasteiger charge is 2.12. The molecule has 0 saturated carbocycles. The Balaban J connectivity index is 2.09. The average molecular weight is 289 g/mol. The SMILES string of the molecule is CCCn1cc(C(N)Cc2ccc(OC)c(OC)c2)cn1. The van der Waals surface area contributed by atoms with Crippen molar-refractivity contribution in [2.45, 2.75) is 32.4 Å². The van der Waals surface area contributed by atoms with E-state index < -0.39 is 0 Å². The maximum atomic E-state index is 6.27. The third-order valence-corrected chi connectivity index (χ3v) is 3.44. The van der Waals surface area contributed by atoms with Crippen molar-refractivity contribution in [1.29, 1.82) is 0 Å². The number of aromatic nitrogens is 2. The summed E-state index contributed by atoms with van der Waals surface area (Å²) in [6.07, 6.45) is 5.67. The second kappa shape index (κ2) is 7.13. The Hall–Kier alpha value is -2.01. The lowest BCUT2D eigenvalue weighted by Gasteiger charge is -2.12. The first kappa shape index (κ1) is 15.4. The van der Waals surface area contributed by atoms with Crippen molar-refractivity contribution < 1.29 is 9.47 Å². The first-order valence-corrected chi connectivity index (χ1v) is 7.16. The van der Waals surface area contributed by atoms with Gasteiger partial charge >= 0.3 is 0 Å². The summed E-state index contributed by atoms with van der Waals surface area (Å²) < 4.78 is 12.5. The summed E-state index contributed by atoms with van der Waals surface area (Å²) in [7, 11) is 3.27. The van der Waals surface area contributed by atoms with Crippen LogP contribution in [0.1, 0.15) is 30.5 Å². The van der Waals surface area contributed by atoms with Crippen molar-refractivity contribution in [2.24, 2.45) is 5.73 Å². The second-order valence-electron chi connectivity index (χ2n) is 5.04. The highest BCUT2D eigenvalue weighted by Crippen LogP contribution is 2.29. The number of nitrogens with two attached hydrogens (primary N) is 1. The molecular weight excluding hydrogens is 266 g/mol. The molecule has 2 rings (SSSR count). The zero-order valence-corrected chi connectivity index (χ0v) is 12.9. The van der Waals surface area contributed by atoms with Crippen molar-refractivity contribution in [3.63, 3.8) is 0 Å². The molecule has 0 aliphatic heterocycles. The summed E-state index contributed by atoms with van der Waals surface area (Å²) in [5.74, 6) is 1.45. The van der Waals surface area contributed by atoms with E-state index in [-0.39, 0.29) is 6.04 Å². The van der Waals surface area contributed by atoms with Crippen LogP contribution in [-0.2, 0) is 13.0 Å². The van der Waals surface area contributed by atoms with E-state index in [9.17, 15) is 0 Å². The van der Waals surface area contributed by atoms with Crippen LogP contribution in [0.3, 0.4) is 0 Å². The van der Waals surface area contributed by atoms with Gasteiger partial charge in [0.15, 0.2) is 11.5 Å². The number of ether oxygens (including phenoxy) is 2. The Labute approximate surface area is 125 Å². The minimum absolute atomic E-state index is 0.0753. The van der Waals surface area contributed by atoms with Gasteiger partial charge < -0.3 is 15.2 Å². The Morgan fingerprint density at radius 3 is 2.67 bits per heavy atom. The van der Waals surface area contributed by atoms with Crippen molar-refractivity contribution in [3.8, 4) is 11.5 Å². The third kappa shape index (κ3) is 3.76. The predicted octanol–water partition coefficient (Wildman–Crippen LogP) is 2.55. The number of aryl methyl sites for hydroxylation is 1. The van der Waals surface area contributed by atoms with Crippen LogP contribution >= 0.6 is 0 Å². The molecule has 0 aliphatic carbocycles. The smallest absolute Gasteiger partial charge is 0.160 e. The lowest BCUT2D eigenvalue weighted by molar-refractivity contribution is 0.354. The molecule has 1 heterocycles. The van der Waals surface area contributed by atoms with E-state index in [4.69, 9.17) is 15.2 Å². The van der Waals surface area contributed by atoms with Crippen LogP contribution in [0.5, 0.6) is 11.5 Å². The highest BCUT2D eigenvalue weighted by atomic mass is 16.5. The summed E-state index contributed by atoms with van der Waals surface area (Å²) in [6.45, 7) is 3.05. The summed E-state index contributed by atoms with van der Waals surface area (Å²) in [5, 5.41) is 4.32. The van der Waals surface area contributed by atoms with Crippen LogP contribution in [0.25, 0.3) is 0 Å². The van der Waals surface area contributed by atoms with Crippen LogP contribution < -0.4 is 15.2 Å². The van der Waals surface area contributed by atoms with Gasteiger partial charge in [0, 0.05) is 24.3 Å². The summed E-state index contributed by atoms with van der Waals surface area (Å²) in [4.78, 5) is 0. The summed E-state index contributed by atoms with van der Waals surface area (Å²) >= 11 is 0. The van der Waals surface area contributed by atoms with Crippen LogP contribution in [0.15, 0.2) is 30.6 Å². The largest absolute Gasteiger partial charge is 0.493 e. The maximum Gasteiger partial charge on any atom is 0.160 e. The van der Waals surface area contributed by atoms with Gasteiger partial charge in [-0.15, -0.1) is 0 Å². The van der Waals surface area contributed by atoms with Gasteiger partial charge in [0.1, 0.15) is 0 Å². The number of hydrogen-bond donors (Lipinski definition) is 1. The third-order valence-electron chi connectivity index (χ3n) is 3.44. The molecule has 2 aromatic rings. The monoisotopic (exact) mass is 289 g/mol. The zero-order valence-electron chi connectivity index (χ0n) is 12.9. The lowest BCUT2D eigenvalue weighted by atomic mass is 10.0. The predicted molar refractivity (Wildman–Crippen MR) is 82.7 cm³/mol. The number of benzene rings is 1. The van der Waals surface area contributed by atoms with E-state index in [1.54, 1.807) is 14.2 Å². The Bertz CT molecular complexity index is 581. The van der Waals surface area contributed by atoms with E-state index in [1.165, 1.54) is 0 Å². The van der Waals surface area contributed by atoms with Gasteiger partial charge in [-0.05, 0) is 30.5 Å². The number of hydrogen-bond acceptors (Lipinski definition) is 4. The molecule has 0 amide bonds. The minimum Gasteiger partial charge on any atom is -0.493 e. The fourth-order valence-corrected chi connectivity index (χ4v) is 2.30. The highest BCUT2D eigenvalue weighted by molar-refractivity contribution is 5.43. The molecule has 1 unspecified atom stereocenters. The van der Waals surface area contributed by atoms with Gasteiger partial charge in [-0.3, -0.25) is 4.68 Å². The number of methoxy groups -OCH3 is 2. The van der Waals surface area contributed by atoms with E-state index in [1.807, 2.05) is 35.3 Å². The van der Waals surface area contributed by atoms with Crippen molar-refractivity contribution in [2.75, 3.05) is 14.2 Å². The molecule has 5 heteroatoms. The molecule has 1 atom stereocenters. The van der Waals surface area contributed by atoms with Crippen LogP contribution in [0, 0.1) is 0 Å². The fraction of sp³-hybridized carbons (Fsp3) is 0.438. The van der Waals surface area contributed by atoms with E-state index in [2.05, 4.69) is 12.0 Å². The fourth-order valence-electron chi connectivity index (χ4n) is 2.30. The van der Waals surface area contributed by atoms with Crippen LogP contribution in [0.2, 0.25) is 0 Å². The summed E-state index contributed by atoms with van der Waals surface area (Å²) in [6, 6.07) is 5.81. The Morgan fingerprint density at radius 1 is 1.24 bits per heavy atom. The van der Waals surface area contributed by atoms with Crippen molar-refractivity contribution in [1.82, 2.24) is 9.78 Å². The van der Waals surface area contributed by atoms with Crippen molar-refractivity contribution >= 4 is 0 Å². The Morgan fingerprint density at radius 2 is 2.00 bits per heavy atom. The molecule has 1 aromatic heterocycles. The normalized spacial score (nSPS) is 12.2. The van der Waals surface area contributed by atoms with Gasteiger partial charge in [0.2, 0.25) is 0 Å². The Kier molecular flexibility index (Phi) is 5.22. The average Bonchev–Trinajstić information content (AvgIpc) is 2.96. The molecule has 1 aromatic carbocycles. The molecule has 0 aliphatic rings. The first-order chi connectivity index (χ1) is 10.2. The zero-order chi connectivity index (χ0) is 15.2. The summed E-state index contributed by atoms with van der Waals surface area (Å²) in [5.41, 5.74) is 8.44. The van der Waals surface area contributed by atoms with E-state index in [0.717, 1.165) is 42.0 Å². The standard InChI is InChI=1S/C16H23N3O2/c1-4-7-19-11-13(10-18-19)14(17)8-12-5-6-15(20-2)16(9-12)21-3/h5-6,9-11,14H,4,7-8,17H2,1-3H3. The number of rotatable bonds is 7. The molecule has 21 heavy (non-hydrogen) atoms. The molecule has 0 bridgehead atoms. The molecule has 0 fully saturated rings. The molecule has 5 nitrogen and oxygen atoms in total. The first-order valence-electron chi connectivity index (χ1n) is 7.16. The van der Waals surface area contributed by atoms with Crippen molar-refractivity contribution in [3.05, 3.63) is 41.7 Å². The van der Waals surface area contributed by atoms with Crippen LogP contribution in [-0.4, -0.2) is 24.0 Å². The minimum atomic E-state index is -0.0753. The molecule has 2 N–H and O–H groups in total. The molecular formula is C16H23N3O2. The van der Waals surface area contributed by atoms with E-state index in [0.29, 0.717) is 0 Å². The number of nitrogens with zero attached hydrogens (tertiary/aromatic N) is 2. The molecule has 114 valence electrons. The van der Waals surface area contributed by atoms with E-state index >= 15 is 0 Å². The van der Waals surface area contributed by atoms with Gasteiger partial charge in [-0.1, -0.05) is 13.0 Å². The molecule has 0 radical (unpaired) electrons. The van der Waals surface area contributed by atoms with Crippen LogP contribution in [0.4, 0.5) is 0 Å². The maximum absolute atomic E-state index is 6.27. The lowest BCUT2D eigenvalue weighted by Crippen LogP contribution is -2.12. The quantitative estimate of drug-likeness (QED) is 0.851.